The standard InChI is InChI=1S/C14H10ClFN4OS/c15-12-6-9(16)3-4-11(12)14(21)17-7-10-8-20(19-18-10)13-2-1-5-22-13/h1-6,8H,7H2,(H,17,21). The number of rotatable bonds is 4. The highest BCUT2D eigenvalue weighted by atomic mass is 35.5. The van der Waals surface area contributed by atoms with Gasteiger partial charge in [0.1, 0.15) is 16.5 Å². The molecule has 1 amide bonds. The van der Waals surface area contributed by atoms with Crippen LogP contribution in [-0.2, 0) is 6.54 Å². The molecule has 0 aliphatic rings. The summed E-state index contributed by atoms with van der Waals surface area (Å²) in [6.45, 7) is 0.206. The molecule has 0 saturated carbocycles. The molecule has 0 aliphatic carbocycles. The zero-order chi connectivity index (χ0) is 15.5. The van der Waals surface area contributed by atoms with Crippen LogP contribution >= 0.6 is 22.9 Å². The quantitative estimate of drug-likeness (QED) is 0.796. The third-order valence-corrected chi connectivity index (χ3v) is 4.05. The van der Waals surface area contributed by atoms with Crippen molar-refractivity contribution in [2.45, 2.75) is 6.54 Å². The van der Waals surface area contributed by atoms with E-state index in [1.54, 1.807) is 10.9 Å². The molecule has 0 unspecified atom stereocenters. The monoisotopic (exact) mass is 336 g/mol. The predicted molar refractivity (Wildman–Crippen MR) is 81.8 cm³/mol. The number of halogens is 2. The topological polar surface area (TPSA) is 59.8 Å². The highest BCUT2D eigenvalue weighted by Gasteiger charge is 2.12. The van der Waals surface area contributed by atoms with Gasteiger partial charge in [-0.1, -0.05) is 16.8 Å². The molecule has 3 rings (SSSR count). The number of amides is 1. The van der Waals surface area contributed by atoms with Gasteiger partial charge in [-0.05, 0) is 35.7 Å². The number of hydrogen-bond acceptors (Lipinski definition) is 4. The molecule has 3 aromatic rings. The number of carbonyl (C=O) groups is 1. The van der Waals surface area contributed by atoms with Crippen LogP contribution in [0.1, 0.15) is 16.1 Å². The van der Waals surface area contributed by atoms with Crippen LogP contribution in [0.3, 0.4) is 0 Å². The summed E-state index contributed by atoms with van der Waals surface area (Å²) in [7, 11) is 0. The van der Waals surface area contributed by atoms with Crippen LogP contribution in [-0.4, -0.2) is 20.9 Å². The van der Waals surface area contributed by atoms with E-state index >= 15 is 0 Å². The van der Waals surface area contributed by atoms with Crippen molar-refractivity contribution >= 4 is 28.8 Å². The smallest absolute Gasteiger partial charge is 0.253 e. The molecule has 0 aliphatic heterocycles. The summed E-state index contributed by atoms with van der Waals surface area (Å²) in [5.74, 6) is -0.879. The Hall–Kier alpha value is -2.25. The molecule has 0 saturated heterocycles. The number of nitrogens with zero attached hydrogens (tertiary/aromatic N) is 3. The largest absolute Gasteiger partial charge is 0.346 e. The number of nitrogens with one attached hydrogen (secondary N) is 1. The molecule has 0 atom stereocenters. The lowest BCUT2D eigenvalue weighted by Crippen LogP contribution is -2.23. The third kappa shape index (κ3) is 3.15. The van der Waals surface area contributed by atoms with E-state index in [0.29, 0.717) is 5.69 Å². The molecule has 5 nitrogen and oxygen atoms in total. The summed E-state index contributed by atoms with van der Waals surface area (Å²) in [6.07, 6.45) is 1.73. The average molecular weight is 337 g/mol. The van der Waals surface area contributed by atoms with Gasteiger partial charge in [0, 0.05) is 0 Å². The van der Waals surface area contributed by atoms with Gasteiger partial charge in [0.05, 0.1) is 23.3 Å². The Balaban J connectivity index is 1.66. The molecule has 22 heavy (non-hydrogen) atoms. The molecule has 1 aromatic carbocycles. The van der Waals surface area contributed by atoms with Crippen molar-refractivity contribution in [2.75, 3.05) is 0 Å². The van der Waals surface area contributed by atoms with Crippen LogP contribution < -0.4 is 5.32 Å². The minimum Gasteiger partial charge on any atom is -0.346 e. The van der Waals surface area contributed by atoms with E-state index < -0.39 is 11.7 Å². The van der Waals surface area contributed by atoms with E-state index in [2.05, 4.69) is 15.6 Å². The SMILES string of the molecule is O=C(NCc1cn(-c2cccs2)nn1)c1ccc(F)cc1Cl. The maximum Gasteiger partial charge on any atom is 0.253 e. The fourth-order valence-electron chi connectivity index (χ4n) is 1.83. The van der Waals surface area contributed by atoms with Crippen LogP contribution in [0.15, 0.2) is 41.9 Å². The minimum atomic E-state index is -0.486. The Labute approximate surface area is 134 Å². The van der Waals surface area contributed by atoms with Crippen molar-refractivity contribution in [3.63, 3.8) is 0 Å². The maximum atomic E-state index is 13.0. The zero-order valence-electron chi connectivity index (χ0n) is 11.2. The molecule has 112 valence electrons. The van der Waals surface area contributed by atoms with E-state index in [9.17, 15) is 9.18 Å². The fourth-order valence-corrected chi connectivity index (χ4v) is 2.73. The number of aromatic nitrogens is 3. The van der Waals surface area contributed by atoms with Crippen molar-refractivity contribution in [1.29, 1.82) is 0 Å². The summed E-state index contributed by atoms with van der Waals surface area (Å²) < 4.78 is 14.6. The molecule has 0 spiro atoms. The molecule has 1 N–H and O–H groups in total. The van der Waals surface area contributed by atoms with Crippen LogP contribution in [0.25, 0.3) is 5.00 Å². The average Bonchev–Trinajstić information content (AvgIpc) is 3.16. The van der Waals surface area contributed by atoms with Gasteiger partial charge >= 0.3 is 0 Å². The Morgan fingerprint density at radius 2 is 2.27 bits per heavy atom. The molecule has 0 fully saturated rings. The lowest BCUT2D eigenvalue weighted by Gasteiger charge is -2.05. The van der Waals surface area contributed by atoms with E-state index in [0.717, 1.165) is 11.1 Å². The lowest BCUT2D eigenvalue weighted by molar-refractivity contribution is 0.0950. The number of carbonyl (C=O) groups excluding carboxylic acids is 1. The Morgan fingerprint density at radius 3 is 3.00 bits per heavy atom. The summed E-state index contributed by atoms with van der Waals surface area (Å²) in [5.41, 5.74) is 0.827. The summed E-state index contributed by atoms with van der Waals surface area (Å²) in [4.78, 5) is 12.0. The van der Waals surface area contributed by atoms with Crippen LogP contribution in [0.5, 0.6) is 0 Å². The second kappa shape index (κ2) is 6.25. The summed E-state index contributed by atoms with van der Waals surface area (Å²) in [6, 6.07) is 7.46. The van der Waals surface area contributed by atoms with Gasteiger partial charge in [-0.15, -0.1) is 16.4 Å². The number of thiophene rings is 1. The highest BCUT2D eigenvalue weighted by Crippen LogP contribution is 2.17. The second-order valence-corrected chi connectivity index (χ2v) is 5.75. The molecule has 0 radical (unpaired) electrons. The molecular weight excluding hydrogens is 327 g/mol. The van der Waals surface area contributed by atoms with Gasteiger partial charge in [0.2, 0.25) is 0 Å². The first kappa shape index (κ1) is 14.7. The zero-order valence-corrected chi connectivity index (χ0v) is 12.7. The van der Waals surface area contributed by atoms with Crippen molar-refractivity contribution in [3.8, 4) is 5.00 Å². The normalized spacial score (nSPS) is 10.6. The highest BCUT2D eigenvalue weighted by molar-refractivity contribution is 7.12. The molecule has 2 heterocycles. The van der Waals surface area contributed by atoms with Crippen molar-refractivity contribution in [1.82, 2.24) is 20.3 Å². The number of hydrogen-bond donors (Lipinski definition) is 1. The van der Waals surface area contributed by atoms with Crippen molar-refractivity contribution in [2.24, 2.45) is 0 Å². The van der Waals surface area contributed by atoms with E-state index in [4.69, 9.17) is 11.6 Å². The van der Waals surface area contributed by atoms with Gasteiger partial charge in [0.15, 0.2) is 0 Å². The van der Waals surface area contributed by atoms with E-state index in [-0.39, 0.29) is 17.1 Å². The predicted octanol–water partition coefficient (Wildman–Crippen LogP) is 3.05. The van der Waals surface area contributed by atoms with Crippen molar-refractivity contribution in [3.05, 3.63) is 64.0 Å². The van der Waals surface area contributed by atoms with Gasteiger partial charge in [-0.2, -0.15) is 0 Å². The first-order valence-electron chi connectivity index (χ1n) is 6.32. The number of benzene rings is 1. The van der Waals surface area contributed by atoms with Crippen LogP contribution in [0.4, 0.5) is 4.39 Å². The molecule has 8 heteroatoms. The van der Waals surface area contributed by atoms with Gasteiger partial charge < -0.3 is 5.32 Å². The third-order valence-electron chi connectivity index (χ3n) is 2.88. The molecule has 2 aromatic heterocycles. The fraction of sp³-hybridized carbons (Fsp3) is 0.0714. The Kier molecular flexibility index (Phi) is 4.17. The van der Waals surface area contributed by atoms with Crippen molar-refractivity contribution < 1.29 is 9.18 Å². The van der Waals surface area contributed by atoms with Gasteiger partial charge in [-0.3, -0.25) is 4.79 Å². The first-order valence-corrected chi connectivity index (χ1v) is 7.57. The minimum absolute atomic E-state index is 0.0692. The van der Waals surface area contributed by atoms with Crippen LogP contribution in [0, 0.1) is 5.82 Å². The Bertz CT molecular complexity index is 803. The maximum absolute atomic E-state index is 13.0. The summed E-state index contributed by atoms with van der Waals surface area (Å²) in [5, 5.41) is 13.6. The van der Waals surface area contributed by atoms with Gasteiger partial charge in [-0.25, -0.2) is 9.07 Å². The lowest BCUT2D eigenvalue weighted by atomic mass is 10.2. The Morgan fingerprint density at radius 1 is 1.41 bits per heavy atom. The van der Waals surface area contributed by atoms with Gasteiger partial charge in [0.25, 0.3) is 5.91 Å². The molecule has 0 bridgehead atoms. The first-order chi connectivity index (χ1) is 10.6. The van der Waals surface area contributed by atoms with Crippen LogP contribution in [0.2, 0.25) is 5.02 Å². The molecular formula is C14H10ClFN4OS. The summed E-state index contributed by atoms with van der Waals surface area (Å²) >= 11 is 7.38. The van der Waals surface area contributed by atoms with E-state index in [1.807, 2.05) is 17.5 Å². The second-order valence-electron chi connectivity index (χ2n) is 4.41. The van der Waals surface area contributed by atoms with E-state index in [1.165, 1.54) is 23.5 Å².